The van der Waals surface area contributed by atoms with Crippen LogP contribution in [-0.4, -0.2) is 44.1 Å². The molecule has 0 radical (unpaired) electrons. The van der Waals surface area contributed by atoms with E-state index < -0.39 is 17.8 Å². The van der Waals surface area contributed by atoms with Crippen LogP contribution in [0, 0.1) is 0 Å². The number of nitrogens with zero attached hydrogens (tertiary/aromatic N) is 2. The number of hydrogen-bond acceptors (Lipinski definition) is 6. The molecule has 1 fully saturated rings. The standard InChI is InChI=1S/C27H31N3O5/c1-7-29-21-10-8-17(12-19(21)16(2)15-27(29,3)4)13-20-24(31)28-26(33)30(25(20)32)22-11-9-18(34-5)14-23(22)35-6/h8-14,16H,7,15H2,1-6H3,(H,28,31,33)/b20-13+/t16-/m1/s1. The Bertz CT molecular complexity index is 1230. The molecule has 4 rings (SSSR count). The molecule has 2 aromatic carbocycles. The van der Waals surface area contributed by atoms with Gasteiger partial charge < -0.3 is 14.4 Å². The van der Waals surface area contributed by atoms with Crippen molar-refractivity contribution in [2.75, 3.05) is 30.6 Å². The molecule has 0 unspecified atom stereocenters. The zero-order valence-corrected chi connectivity index (χ0v) is 21.0. The highest BCUT2D eigenvalue weighted by atomic mass is 16.5. The molecule has 1 atom stereocenters. The molecule has 1 N–H and O–H groups in total. The van der Waals surface area contributed by atoms with E-state index in [-0.39, 0.29) is 22.5 Å². The Kier molecular flexibility index (Phi) is 6.32. The van der Waals surface area contributed by atoms with E-state index in [2.05, 4.69) is 37.9 Å². The van der Waals surface area contributed by atoms with Gasteiger partial charge in [0.2, 0.25) is 0 Å². The van der Waals surface area contributed by atoms with Crippen LogP contribution in [0.4, 0.5) is 16.2 Å². The number of hydrogen-bond donors (Lipinski definition) is 1. The average molecular weight is 478 g/mol. The Hall–Kier alpha value is -3.81. The molecule has 2 aromatic rings. The molecule has 35 heavy (non-hydrogen) atoms. The predicted molar refractivity (Wildman–Crippen MR) is 135 cm³/mol. The number of ether oxygens (including phenoxy) is 2. The van der Waals surface area contributed by atoms with Crippen LogP contribution < -0.4 is 24.6 Å². The van der Waals surface area contributed by atoms with E-state index in [0.29, 0.717) is 11.7 Å². The lowest BCUT2D eigenvalue weighted by atomic mass is 9.79. The van der Waals surface area contributed by atoms with Crippen LogP contribution >= 0.6 is 0 Å². The summed E-state index contributed by atoms with van der Waals surface area (Å²) in [4.78, 5) is 42.0. The minimum atomic E-state index is -0.833. The third-order valence-electron chi connectivity index (χ3n) is 6.77. The zero-order valence-electron chi connectivity index (χ0n) is 21.0. The van der Waals surface area contributed by atoms with Gasteiger partial charge in [0, 0.05) is 23.8 Å². The fourth-order valence-electron chi connectivity index (χ4n) is 5.21. The SMILES string of the molecule is CCN1c2ccc(/C=C3\C(=O)NC(=O)N(c4ccc(OC)cc4OC)C3=O)cc2[C@H](C)CC1(C)C. The van der Waals surface area contributed by atoms with Crippen molar-refractivity contribution in [2.45, 2.75) is 45.6 Å². The highest BCUT2D eigenvalue weighted by molar-refractivity contribution is 6.39. The molecular weight excluding hydrogens is 446 g/mol. The van der Waals surface area contributed by atoms with Crippen LogP contribution in [0.5, 0.6) is 11.5 Å². The fraction of sp³-hybridized carbons (Fsp3) is 0.370. The van der Waals surface area contributed by atoms with Crippen LogP contribution in [0.2, 0.25) is 0 Å². The number of urea groups is 1. The van der Waals surface area contributed by atoms with Crippen LogP contribution in [0.25, 0.3) is 6.08 Å². The molecule has 1 saturated heterocycles. The first-order chi connectivity index (χ1) is 16.6. The predicted octanol–water partition coefficient (Wildman–Crippen LogP) is 4.48. The minimum absolute atomic E-state index is 0.0403. The van der Waals surface area contributed by atoms with Gasteiger partial charge in [-0.3, -0.25) is 14.9 Å². The molecule has 8 heteroatoms. The highest BCUT2D eigenvalue weighted by Crippen LogP contribution is 2.43. The summed E-state index contributed by atoms with van der Waals surface area (Å²) in [7, 11) is 2.94. The molecule has 184 valence electrons. The van der Waals surface area contributed by atoms with Crippen molar-refractivity contribution in [1.29, 1.82) is 0 Å². The molecular formula is C27H31N3O5. The van der Waals surface area contributed by atoms with Gasteiger partial charge in [-0.05, 0) is 74.6 Å². The van der Waals surface area contributed by atoms with Crippen LogP contribution in [0.1, 0.15) is 51.2 Å². The molecule has 2 aliphatic rings. The number of rotatable bonds is 5. The monoisotopic (exact) mass is 477 g/mol. The van der Waals surface area contributed by atoms with Gasteiger partial charge in [-0.2, -0.15) is 0 Å². The molecule has 2 heterocycles. The topological polar surface area (TPSA) is 88.2 Å². The van der Waals surface area contributed by atoms with Gasteiger partial charge in [-0.25, -0.2) is 9.69 Å². The van der Waals surface area contributed by atoms with Crippen molar-refractivity contribution < 1.29 is 23.9 Å². The Balaban J connectivity index is 1.74. The van der Waals surface area contributed by atoms with Gasteiger partial charge in [0.1, 0.15) is 17.1 Å². The summed E-state index contributed by atoms with van der Waals surface area (Å²) in [5.74, 6) is -0.352. The number of carbonyl (C=O) groups excluding carboxylic acids is 3. The maximum Gasteiger partial charge on any atom is 0.336 e. The summed E-state index contributed by atoms with van der Waals surface area (Å²) in [5.41, 5.74) is 3.19. The van der Waals surface area contributed by atoms with Gasteiger partial charge in [0.05, 0.1) is 19.9 Å². The summed E-state index contributed by atoms with van der Waals surface area (Å²) in [6.07, 6.45) is 2.53. The molecule has 0 aliphatic carbocycles. The first-order valence-corrected chi connectivity index (χ1v) is 11.7. The Morgan fingerprint density at radius 1 is 1.06 bits per heavy atom. The minimum Gasteiger partial charge on any atom is -0.497 e. The second-order valence-electron chi connectivity index (χ2n) is 9.48. The number of imide groups is 2. The van der Waals surface area contributed by atoms with Crippen molar-refractivity contribution in [3.05, 3.63) is 53.1 Å². The highest BCUT2D eigenvalue weighted by Gasteiger charge is 2.39. The number of barbiturate groups is 1. The summed E-state index contributed by atoms with van der Waals surface area (Å²) in [6.45, 7) is 9.71. The Morgan fingerprint density at radius 3 is 2.43 bits per heavy atom. The summed E-state index contributed by atoms with van der Waals surface area (Å²) < 4.78 is 10.6. The van der Waals surface area contributed by atoms with Crippen molar-refractivity contribution in [3.8, 4) is 11.5 Å². The lowest BCUT2D eigenvalue weighted by Crippen LogP contribution is -2.54. The van der Waals surface area contributed by atoms with Crippen molar-refractivity contribution in [2.24, 2.45) is 0 Å². The molecule has 0 aromatic heterocycles. The summed E-state index contributed by atoms with van der Waals surface area (Å²) >= 11 is 0. The number of carbonyl (C=O) groups is 3. The van der Waals surface area contributed by atoms with Gasteiger partial charge >= 0.3 is 6.03 Å². The third kappa shape index (κ3) is 4.24. The van der Waals surface area contributed by atoms with Gasteiger partial charge in [0.25, 0.3) is 11.8 Å². The summed E-state index contributed by atoms with van der Waals surface area (Å²) in [5, 5.41) is 2.27. The van der Waals surface area contributed by atoms with Crippen molar-refractivity contribution >= 4 is 35.3 Å². The normalized spacial score (nSPS) is 20.6. The van der Waals surface area contributed by atoms with E-state index in [9.17, 15) is 14.4 Å². The van der Waals surface area contributed by atoms with E-state index in [0.717, 1.165) is 29.1 Å². The third-order valence-corrected chi connectivity index (χ3v) is 6.77. The number of fused-ring (bicyclic) bond motifs is 1. The average Bonchev–Trinajstić information content (AvgIpc) is 2.81. The first kappa shape index (κ1) is 24.3. The number of nitrogens with one attached hydrogen (secondary N) is 1. The molecule has 0 spiro atoms. The number of anilines is 2. The van der Waals surface area contributed by atoms with Gasteiger partial charge in [0.15, 0.2) is 0 Å². The Labute approximate surface area is 205 Å². The fourth-order valence-corrected chi connectivity index (χ4v) is 5.21. The summed E-state index contributed by atoms with van der Waals surface area (Å²) in [6, 6.07) is 9.87. The van der Waals surface area contributed by atoms with Gasteiger partial charge in [-0.15, -0.1) is 0 Å². The lowest BCUT2D eigenvalue weighted by molar-refractivity contribution is -0.122. The number of amides is 4. The number of methoxy groups -OCH3 is 2. The molecule has 8 nitrogen and oxygen atoms in total. The molecule has 4 amide bonds. The molecule has 0 saturated carbocycles. The van der Waals surface area contributed by atoms with Crippen molar-refractivity contribution in [3.63, 3.8) is 0 Å². The molecule has 0 bridgehead atoms. The number of benzene rings is 2. The van der Waals surface area contributed by atoms with Crippen LogP contribution in [0.15, 0.2) is 42.0 Å². The first-order valence-electron chi connectivity index (χ1n) is 11.7. The second-order valence-corrected chi connectivity index (χ2v) is 9.48. The molecule has 2 aliphatic heterocycles. The van der Waals surface area contributed by atoms with E-state index >= 15 is 0 Å². The smallest absolute Gasteiger partial charge is 0.336 e. The van der Waals surface area contributed by atoms with E-state index in [1.165, 1.54) is 25.9 Å². The maximum absolute atomic E-state index is 13.4. The largest absolute Gasteiger partial charge is 0.497 e. The van der Waals surface area contributed by atoms with E-state index in [1.54, 1.807) is 18.2 Å². The quantitative estimate of drug-likeness (QED) is 0.505. The second kappa shape index (κ2) is 9.09. The Morgan fingerprint density at radius 2 is 1.77 bits per heavy atom. The van der Waals surface area contributed by atoms with Crippen LogP contribution in [0.3, 0.4) is 0 Å². The van der Waals surface area contributed by atoms with Crippen LogP contribution in [-0.2, 0) is 9.59 Å². The van der Waals surface area contributed by atoms with E-state index in [1.807, 2.05) is 18.2 Å². The zero-order chi connectivity index (χ0) is 25.5. The van der Waals surface area contributed by atoms with Crippen molar-refractivity contribution in [1.82, 2.24) is 5.32 Å². The maximum atomic E-state index is 13.4. The van der Waals surface area contributed by atoms with Gasteiger partial charge in [-0.1, -0.05) is 13.0 Å². The van der Waals surface area contributed by atoms with E-state index in [4.69, 9.17) is 9.47 Å². The lowest BCUT2D eigenvalue weighted by Gasteiger charge is -2.47.